The minimum absolute atomic E-state index is 0.0421. The lowest BCUT2D eigenvalue weighted by atomic mass is 10.1. The Balaban J connectivity index is 4.41. The van der Waals surface area contributed by atoms with Crippen molar-refractivity contribution < 1.29 is 23.8 Å². The molecule has 5 nitrogen and oxygen atoms in total. The van der Waals surface area contributed by atoms with Crippen LogP contribution in [0, 0.1) is 0 Å². The molecule has 0 saturated carbocycles. The van der Waals surface area contributed by atoms with Gasteiger partial charge in [-0.2, -0.15) is 0 Å². The monoisotopic (exact) mass is 857 g/mol. The largest absolute Gasteiger partial charge is 0.462 e. The summed E-state index contributed by atoms with van der Waals surface area (Å²) < 4.78 is 17.3. The molecule has 0 aromatic rings. The van der Waals surface area contributed by atoms with Gasteiger partial charge in [0.05, 0.1) is 6.61 Å². The van der Waals surface area contributed by atoms with Gasteiger partial charge in [-0.1, -0.05) is 194 Å². The van der Waals surface area contributed by atoms with Crippen molar-refractivity contribution in [2.45, 2.75) is 207 Å². The number of carbonyl (C=O) groups is 2. The Hall–Kier alpha value is -3.70. The van der Waals surface area contributed by atoms with Crippen LogP contribution in [-0.4, -0.2) is 37.9 Å². The highest BCUT2D eigenvalue weighted by atomic mass is 16.6. The fraction of sp³-hybridized carbons (Fsp3) is 0.614. The van der Waals surface area contributed by atoms with Gasteiger partial charge in [-0.25, -0.2) is 0 Å². The van der Waals surface area contributed by atoms with Gasteiger partial charge in [0.15, 0.2) is 6.10 Å². The number of unbranched alkanes of at least 4 members (excludes halogenated alkanes) is 13. The fourth-order valence-corrected chi connectivity index (χ4v) is 6.28. The van der Waals surface area contributed by atoms with Crippen LogP contribution in [0.4, 0.5) is 0 Å². The van der Waals surface area contributed by atoms with Crippen LogP contribution >= 0.6 is 0 Å². The van der Waals surface area contributed by atoms with E-state index >= 15 is 0 Å². The van der Waals surface area contributed by atoms with Gasteiger partial charge in [-0.3, -0.25) is 9.59 Å². The van der Waals surface area contributed by atoms with Gasteiger partial charge < -0.3 is 14.2 Å². The van der Waals surface area contributed by atoms with Gasteiger partial charge >= 0.3 is 11.9 Å². The molecular formula is C57H92O5. The van der Waals surface area contributed by atoms with Crippen LogP contribution in [-0.2, 0) is 23.8 Å². The zero-order valence-electron chi connectivity index (χ0n) is 40.1. The summed E-state index contributed by atoms with van der Waals surface area (Å²) in [6, 6.07) is 0. The van der Waals surface area contributed by atoms with E-state index < -0.39 is 6.10 Å². The quantitative estimate of drug-likeness (QED) is 0.0347. The summed E-state index contributed by atoms with van der Waals surface area (Å²) in [4.78, 5) is 25.3. The number of hydrogen-bond donors (Lipinski definition) is 0. The molecule has 62 heavy (non-hydrogen) atoms. The van der Waals surface area contributed by atoms with Crippen molar-refractivity contribution in [1.29, 1.82) is 0 Å². The van der Waals surface area contributed by atoms with E-state index in [0.29, 0.717) is 19.4 Å². The average molecular weight is 857 g/mol. The average Bonchev–Trinajstić information content (AvgIpc) is 3.27. The molecule has 0 rings (SSSR count). The number of esters is 2. The highest BCUT2D eigenvalue weighted by molar-refractivity contribution is 5.70. The summed E-state index contributed by atoms with van der Waals surface area (Å²) in [5.74, 6) is -0.470. The van der Waals surface area contributed by atoms with E-state index in [1.807, 2.05) is 0 Å². The normalized spacial score (nSPS) is 13.3. The summed E-state index contributed by atoms with van der Waals surface area (Å²) in [5.41, 5.74) is 0. The molecule has 0 fully saturated rings. The van der Waals surface area contributed by atoms with E-state index in [0.717, 1.165) is 122 Å². The second-order valence-corrected chi connectivity index (χ2v) is 15.9. The smallest absolute Gasteiger partial charge is 0.306 e. The van der Waals surface area contributed by atoms with E-state index in [1.165, 1.54) is 44.9 Å². The third-order valence-electron chi connectivity index (χ3n) is 9.96. The SMILES string of the molecule is CC/C=C\C/C=C\C/C=C\C/C=C\C/C=C\C/C=C\CCCOCC(COC(=O)CCCCCCC/C=C\C/C=C\C/C=C\CC)OC(=O)CCCCCCC/C=C\CCCC. The molecule has 350 valence electrons. The predicted molar refractivity (Wildman–Crippen MR) is 269 cm³/mol. The predicted octanol–water partition coefficient (Wildman–Crippen LogP) is 17.0. The molecule has 0 heterocycles. The Labute approximate surface area is 382 Å². The molecule has 0 saturated heterocycles. The van der Waals surface area contributed by atoms with Crippen LogP contribution in [0.25, 0.3) is 0 Å². The lowest BCUT2D eigenvalue weighted by Gasteiger charge is -2.18. The van der Waals surface area contributed by atoms with Gasteiger partial charge in [0.1, 0.15) is 6.61 Å². The van der Waals surface area contributed by atoms with Crippen LogP contribution < -0.4 is 0 Å². The van der Waals surface area contributed by atoms with Crippen molar-refractivity contribution in [2.24, 2.45) is 0 Å². The Kier molecular flexibility index (Phi) is 48.6. The van der Waals surface area contributed by atoms with Crippen molar-refractivity contribution in [3.05, 3.63) is 122 Å². The molecule has 0 N–H and O–H groups in total. The minimum atomic E-state index is -0.585. The van der Waals surface area contributed by atoms with Crippen LogP contribution in [0.1, 0.15) is 201 Å². The maximum atomic E-state index is 12.7. The van der Waals surface area contributed by atoms with E-state index in [9.17, 15) is 9.59 Å². The van der Waals surface area contributed by atoms with Crippen molar-refractivity contribution >= 4 is 11.9 Å². The molecule has 0 bridgehead atoms. The van der Waals surface area contributed by atoms with E-state index in [-0.39, 0.29) is 25.2 Å². The van der Waals surface area contributed by atoms with Gasteiger partial charge in [-0.05, 0) is 116 Å². The van der Waals surface area contributed by atoms with Crippen LogP contribution in [0.5, 0.6) is 0 Å². The van der Waals surface area contributed by atoms with Gasteiger partial charge in [0.25, 0.3) is 0 Å². The zero-order valence-corrected chi connectivity index (χ0v) is 40.1. The highest BCUT2D eigenvalue weighted by Gasteiger charge is 2.17. The molecule has 5 heteroatoms. The Bertz CT molecular complexity index is 1290. The van der Waals surface area contributed by atoms with Crippen LogP contribution in [0.3, 0.4) is 0 Å². The van der Waals surface area contributed by atoms with Crippen molar-refractivity contribution in [3.63, 3.8) is 0 Å². The first-order chi connectivity index (χ1) is 30.6. The number of rotatable bonds is 44. The zero-order chi connectivity index (χ0) is 44.9. The summed E-state index contributed by atoms with van der Waals surface area (Å²) in [5, 5.41) is 0. The van der Waals surface area contributed by atoms with Gasteiger partial charge in [-0.15, -0.1) is 0 Å². The van der Waals surface area contributed by atoms with Gasteiger partial charge in [0.2, 0.25) is 0 Å². The third-order valence-corrected chi connectivity index (χ3v) is 9.96. The number of allylic oxidation sites excluding steroid dienone is 20. The Morgan fingerprint density at radius 2 is 0.726 bits per heavy atom. The number of hydrogen-bond acceptors (Lipinski definition) is 5. The number of ether oxygens (including phenoxy) is 3. The minimum Gasteiger partial charge on any atom is -0.462 e. The molecule has 0 spiro atoms. The molecule has 0 radical (unpaired) electrons. The Morgan fingerprint density at radius 3 is 1.18 bits per heavy atom. The number of carbonyl (C=O) groups excluding carboxylic acids is 2. The molecule has 0 aromatic heterocycles. The van der Waals surface area contributed by atoms with E-state index in [4.69, 9.17) is 14.2 Å². The lowest BCUT2D eigenvalue weighted by molar-refractivity contribution is -0.163. The van der Waals surface area contributed by atoms with Crippen LogP contribution in [0.15, 0.2) is 122 Å². The molecule has 0 aliphatic heterocycles. The molecular weight excluding hydrogens is 765 g/mol. The molecule has 0 amide bonds. The van der Waals surface area contributed by atoms with E-state index in [2.05, 4.69) is 142 Å². The summed E-state index contributed by atoms with van der Waals surface area (Å²) in [7, 11) is 0. The standard InChI is InChI=1S/C57H92O5/c1-4-7-10-13-16-19-22-24-26-27-28-29-30-32-34-37-40-43-46-49-52-60-53-55(62-57(59)51-48-45-42-39-35-21-18-15-12-9-6-3)54-61-56(58)50-47-44-41-38-36-33-31-25-23-20-17-14-11-8-5-2/h7-8,10-11,15-20,24-26,28-29,31-32,34,40,43,55H,4-6,9,12-14,21-23,27,30,33,35-39,41-42,44-54H2,1-3H3/b10-7-,11-8-,18-15-,19-16-,20-17-,26-24-,29-28-,31-25-,34-32-,43-40-. The summed E-state index contributed by atoms with van der Waals surface area (Å²) in [6.45, 7) is 7.37. The maximum absolute atomic E-state index is 12.7. The third kappa shape index (κ3) is 49.0. The van der Waals surface area contributed by atoms with Crippen molar-refractivity contribution in [2.75, 3.05) is 19.8 Å². The lowest BCUT2D eigenvalue weighted by Crippen LogP contribution is -2.30. The topological polar surface area (TPSA) is 61.8 Å². The molecule has 1 atom stereocenters. The first-order valence-corrected chi connectivity index (χ1v) is 25.1. The van der Waals surface area contributed by atoms with Crippen molar-refractivity contribution in [3.8, 4) is 0 Å². The molecule has 1 unspecified atom stereocenters. The second kappa shape index (κ2) is 51.6. The summed E-state index contributed by atoms with van der Waals surface area (Å²) >= 11 is 0. The second-order valence-electron chi connectivity index (χ2n) is 15.9. The summed E-state index contributed by atoms with van der Waals surface area (Å²) in [6.07, 6.45) is 72.2. The first kappa shape index (κ1) is 58.3. The molecule has 0 aliphatic rings. The van der Waals surface area contributed by atoms with Gasteiger partial charge in [0, 0.05) is 19.4 Å². The molecule has 0 aliphatic carbocycles. The van der Waals surface area contributed by atoms with E-state index in [1.54, 1.807) is 0 Å². The Morgan fingerprint density at radius 1 is 0.371 bits per heavy atom. The highest BCUT2D eigenvalue weighted by Crippen LogP contribution is 2.12. The molecule has 0 aromatic carbocycles. The van der Waals surface area contributed by atoms with Crippen molar-refractivity contribution in [1.82, 2.24) is 0 Å². The maximum Gasteiger partial charge on any atom is 0.306 e. The van der Waals surface area contributed by atoms with Crippen LogP contribution in [0.2, 0.25) is 0 Å². The first-order valence-electron chi connectivity index (χ1n) is 25.1. The fourth-order valence-electron chi connectivity index (χ4n) is 6.28.